The summed E-state index contributed by atoms with van der Waals surface area (Å²) >= 11 is 0. The maximum Gasteiger partial charge on any atom is 0.147 e. The van der Waals surface area contributed by atoms with Crippen molar-refractivity contribution in [3.05, 3.63) is 18.1 Å². The molecule has 1 aliphatic rings. The first kappa shape index (κ1) is 10.4. The number of anilines is 1. The van der Waals surface area contributed by atoms with Crippen molar-refractivity contribution in [2.45, 2.75) is 18.8 Å². The van der Waals surface area contributed by atoms with Gasteiger partial charge in [-0.1, -0.05) is 0 Å². The van der Waals surface area contributed by atoms with Crippen LogP contribution in [0, 0.1) is 0 Å². The fourth-order valence-corrected chi connectivity index (χ4v) is 2.23. The number of likely N-dealkylation sites (tertiary alicyclic amines) is 1. The number of piperidine rings is 1. The van der Waals surface area contributed by atoms with Crippen LogP contribution >= 0.6 is 0 Å². The Morgan fingerprint density at radius 3 is 2.93 bits per heavy atom. The molecule has 0 bridgehead atoms. The molecule has 1 aromatic rings. The summed E-state index contributed by atoms with van der Waals surface area (Å²) in [6.07, 6.45) is 5.99. The average Bonchev–Trinajstić information content (AvgIpc) is 2.29. The molecule has 15 heavy (non-hydrogen) atoms. The van der Waals surface area contributed by atoms with E-state index >= 15 is 0 Å². The van der Waals surface area contributed by atoms with Crippen LogP contribution in [-0.2, 0) is 0 Å². The topological polar surface area (TPSA) is 41.1 Å². The summed E-state index contributed by atoms with van der Waals surface area (Å²) in [6, 6.07) is 0. The Kier molecular flexibility index (Phi) is 3.16. The molecule has 4 heteroatoms. The molecule has 2 heterocycles. The van der Waals surface area contributed by atoms with E-state index in [-0.39, 0.29) is 0 Å². The third-order valence-electron chi connectivity index (χ3n) is 2.97. The molecule has 1 aromatic heterocycles. The van der Waals surface area contributed by atoms with Crippen LogP contribution in [-0.4, -0.2) is 42.1 Å². The van der Waals surface area contributed by atoms with Gasteiger partial charge in [0.25, 0.3) is 0 Å². The second kappa shape index (κ2) is 4.57. The Balaban J connectivity index is 2.20. The van der Waals surface area contributed by atoms with Crippen molar-refractivity contribution in [1.29, 1.82) is 0 Å². The Morgan fingerprint density at radius 1 is 1.40 bits per heavy atom. The van der Waals surface area contributed by atoms with Gasteiger partial charge in [0.15, 0.2) is 0 Å². The molecule has 0 aliphatic carbocycles. The van der Waals surface area contributed by atoms with Gasteiger partial charge in [-0.3, -0.25) is 4.98 Å². The maximum atomic E-state index is 4.46. The van der Waals surface area contributed by atoms with Crippen LogP contribution in [0.25, 0.3) is 0 Å². The number of likely N-dealkylation sites (N-methyl/N-ethyl adjacent to an activating group) is 1. The van der Waals surface area contributed by atoms with Crippen molar-refractivity contribution >= 4 is 5.82 Å². The smallest absolute Gasteiger partial charge is 0.147 e. The third kappa shape index (κ3) is 2.26. The first-order valence-corrected chi connectivity index (χ1v) is 5.48. The lowest BCUT2D eigenvalue weighted by Gasteiger charge is -2.29. The minimum atomic E-state index is 0.528. The Labute approximate surface area is 90.7 Å². The summed E-state index contributed by atoms with van der Waals surface area (Å²) < 4.78 is 0. The van der Waals surface area contributed by atoms with Crippen LogP contribution in [0.3, 0.4) is 0 Å². The predicted molar refractivity (Wildman–Crippen MR) is 61.1 cm³/mol. The zero-order valence-electron chi connectivity index (χ0n) is 9.40. The molecule has 1 fully saturated rings. The molecule has 0 spiro atoms. The molecule has 4 nitrogen and oxygen atoms in total. The van der Waals surface area contributed by atoms with Gasteiger partial charge >= 0.3 is 0 Å². The molecule has 0 amide bonds. The predicted octanol–water partition coefficient (Wildman–Crippen LogP) is 1.33. The Morgan fingerprint density at radius 2 is 2.20 bits per heavy atom. The second-order valence-corrected chi connectivity index (χ2v) is 4.14. The molecule has 0 radical (unpaired) electrons. The molecular formula is C11H18N4. The highest BCUT2D eigenvalue weighted by atomic mass is 15.1. The van der Waals surface area contributed by atoms with Gasteiger partial charge in [-0.05, 0) is 26.4 Å². The highest BCUT2D eigenvalue weighted by Crippen LogP contribution is 2.28. The lowest BCUT2D eigenvalue weighted by molar-refractivity contribution is 0.248. The van der Waals surface area contributed by atoms with E-state index in [0.717, 1.165) is 18.1 Å². The quantitative estimate of drug-likeness (QED) is 0.792. The van der Waals surface area contributed by atoms with Gasteiger partial charge in [0, 0.05) is 31.9 Å². The highest BCUT2D eigenvalue weighted by molar-refractivity contribution is 5.41. The van der Waals surface area contributed by atoms with Crippen LogP contribution in [0.5, 0.6) is 0 Å². The molecule has 2 rings (SSSR count). The highest BCUT2D eigenvalue weighted by Gasteiger charge is 2.22. The molecule has 1 saturated heterocycles. The number of nitrogens with zero attached hydrogens (tertiary/aromatic N) is 3. The minimum Gasteiger partial charge on any atom is -0.372 e. The standard InChI is InChI=1S/C11H18N4/c1-12-11-10(13-5-6-14-11)9-4-3-7-15(2)8-9/h5-6,9H,3-4,7-8H2,1-2H3,(H,12,14)/t9-/m0/s1. The number of nitrogens with one attached hydrogen (secondary N) is 1. The minimum absolute atomic E-state index is 0.528. The van der Waals surface area contributed by atoms with E-state index in [1.54, 1.807) is 12.4 Å². The first-order valence-electron chi connectivity index (χ1n) is 5.48. The van der Waals surface area contributed by atoms with Crippen LogP contribution < -0.4 is 5.32 Å². The number of hydrogen-bond acceptors (Lipinski definition) is 4. The van der Waals surface area contributed by atoms with Gasteiger partial charge in [-0.25, -0.2) is 4.98 Å². The molecule has 0 saturated carbocycles. The van der Waals surface area contributed by atoms with Crippen LogP contribution in [0.15, 0.2) is 12.4 Å². The van der Waals surface area contributed by atoms with E-state index in [1.807, 2.05) is 7.05 Å². The number of aromatic nitrogens is 2. The summed E-state index contributed by atoms with van der Waals surface area (Å²) in [5.41, 5.74) is 1.12. The summed E-state index contributed by atoms with van der Waals surface area (Å²) in [5, 5.41) is 3.12. The molecule has 0 aromatic carbocycles. The zero-order valence-corrected chi connectivity index (χ0v) is 9.40. The van der Waals surface area contributed by atoms with Gasteiger partial charge in [-0.15, -0.1) is 0 Å². The Hall–Kier alpha value is -1.16. The normalized spacial score (nSPS) is 22.7. The van der Waals surface area contributed by atoms with Gasteiger partial charge in [0.05, 0.1) is 5.69 Å². The van der Waals surface area contributed by atoms with E-state index in [2.05, 4.69) is 27.2 Å². The van der Waals surface area contributed by atoms with Crippen molar-refractivity contribution < 1.29 is 0 Å². The summed E-state index contributed by atoms with van der Waals surface area (Å²) in [6.45, 7) is 2.29. The third-order valence-corrected chi connectivity index (χ3v) is 2.97. The van der Waals surface area contributed by atoms with Crippen molar-refractivity contribution in [3.63, 3.8) is 0 Å². The lowest BCUT2D eigenvalue weighted by atomic mass is 9.95. The molecule has 1 aliphatic heterocycles. The average molecular weight is 206 g/mol. The van der Waals surface area contributed by atoms with E-state index in [4.69, 9.17) is 0 Å². The summed E-state index contributed by atoms with van der Waals surface area (Å²) in [4.78, 5) is 11.1. The van der Waals surface area contributed by atoms with Crippen molar-refractivity contribution in [2.24, 2.45) is 0 Å². The maximum absolute atomic E-state index is 4.46. The van der Waals surface area contributed by atoms with Crippen LogP contribution in [0.1, 0.15) is 24.5 Å². The van der Waals surface area contributed by atoms with E-state index < -0.39 is 0 Å². The summed E-state index contributed by atoms with van der Waals surface area (Å²) in [7, 11) is 4.07. The fraction of sp³-hybridized carbons (Fsp3) is 0.636. The van der Waals surface area contributed by atoms with Crippen LogP contribution in [0.4, 0.5) is 5.82 Å². The van der Waals surface area contributed by atoms with Gasteiger partial charge in [0.2, 0.25) is 0 Å². The molecule has 82 valence electrons. The van der Waals surface area contributed by atoms with E-state index in [9.17, 15) is 0 Å². The van der Waals surface area contributed by atoms with E-state index in [1.165, 1.54) is 19.4 Å². The Bertz CT molecular complexity index is 326. The fourth-order valence-electron chi connectivity index (χ4n) is 2.23. The monoisotopic (exact) mass is 206 g/mol. The second-order valence-electron chi connectivity index (χ2n) is 4.14. The van der Waals surface area contributed by atoms with Crippen molar-refractivity contribution in [3.8, 4) is 0 Å². The van der Waals surface area contributed by atoms with Crippen molar-refractivity contribution in [1.82, 2.24) is 14.9 Å². The molecular weight excluding hydrogens is 188 g/mol. The summed E-state index contributed by atoms with van der Waals surface area (Å²) in [5.74, 6) is 1.46. The van der Waals surface area contributed by atoms with Crippen molar-refractivity contribution in [2.75, 3.05) is 32.5 Å². The van der Waals surface area contributed by atoms with Crippen LogP contribution in [0.2, 0.25) is 0 Å². The SMILES string of the molecule is CNc1nccnc1[C@H]1CCCN(C)C1. The lowest BCUT2D eigenvalue weighted by Crippen LogP contribution is -2.31. The molecule has 1 atom stereocenters. The largest absolute Gasteiger partial charge is 0.372 e. The van der Waals surface area contributed by atoms with Gasteiger partial charge in [-0.2, -0.15) is 0 Å². The number of rotatable bonds is 2. The van der Waals surface area contributed by atoms with Gasteiger partial charge < -0.3 is 10.2 Å². The van der Waals surface area contributed by atoms with E-state index in [0.29, 0.717) is 5.92 Å². The first-order chi connectivity index (χ1) is 7.31. The number of hydrogen-bond donors (Lipinski definition) is 1. The molecule has 0 unspecified atom stereocenters. The zero-order chi connectivity index (χ0) is 10.7. The molecule has 1 N–H and O–H groups in total. The van der Waals surface area contributed by atoms with Gasteiger partial charge in [0.1, 0.15) is 5.82 Å².